The van der Waals surface area contributed by atoms with Gasteiger partial charge in [0.1, 0.15) is 11.3 Å². The molecule has 1 aromatic heterocycles. The van der Waals surface area contributed by atoms with Gasteiger partial charge in [0.15, 0.2) is 0 Å². The first-order chi connectivity index (χ1) is 9.17. The van der Waals surface area contributed by atoms with Crippen molar-refractivity contribution in [3.8, 4) is 0 Å². The van der Waals surface area contributed by atoms with Crippen LogP contribution in [0.4, 0.5) is 0 Å². The fourth-order valence-electron chi connectivity index (χ4n) is 2.11. The van der Waals surface area contributed by atoms with Gasteiger partial charge in [-0.1, -0.05) is 24.6 Å². The summed E-state index contributed by atoms with van der Waals surface area (Å²) in [5, 5.41) is 0.705. The quantitative estimate of drug-likeness (QED) is 0.762. The highest BCUT2D eigenvalue weighted by atomic mass is 35.5. The first kappa shape index (κ1) is 14.6. The average molecular weight is 300 g/mol. The number of hydrogen-bond acceptors (Lipinski definition) is 2. The predicted molar refractivity (Wildman–Crippen MR) is 82.3 cm³/mol. The Hall–Kier alpha value is -0.770. The Bertz CT molecular complexity index is 551. The molecule has 0 aliphatic rings. The van der Waals surface area contributed by atoms with E-state index in [1.54, 1.807) is 0 Å². The number of nitrogens with zero attached hydrogens (tertiary/aromatic N) is 3. The van der Waals surface area contributed by atoms with Crippen LogP contribution in [0.5, 0.6) is 0 Å². The number of hydrogen-bond donors (Lipinski definition) is 0. The number of aryl methyl sites for hydroxylation is 1. The van der Waals surface area contributed by atoms with E-state index in [9.17, 15) is 0 Å². The van der Waals surface area contributed by atoms with Crippen LogP contribution < -0.4 is 0 Å². The topological polar surface area (TPSA) is 21.1 Å². The minimum absolute atomic E-state index is 0.574. The molecule has 0 saturated carbocycles. The number of rotatable bonds is 6. The Morgan fingerprint density at radius 3 is 2.84 bits per heavy atom. The largest absolute Gasteiger partial charge is 0.327 e. The van der Waals surface area contributed by atoms with Gasteiger partial charge in [0, 0.05) is 25.4 Å². The molecule has 0 unspecified atom stereocenters. The summed E-state index contributed by atoms with van der Waals surface area (Å²) in [4.78, 5) is 6.91. The third-order valence-corrected chi connectivity index (χ3v) is 3.87. The van der Waals surface area contributed by atoms with Crippen molar-refractivity contribution in [1.29, 1.82) is 0 Å². The fourth-order valence-corrected chi connectivity index (χ4v) is 2.50. The van der Waals surface area contributed by atoms with Crippen LogP contribution in [0.15, 0.2) is 18.2 Å². The van der Waals surface area contributed by atoms with Crippen LogP contribution in [0.3, 0.4) is 0 Å². The van der Waals surface area contributed by atoms with Gasteiger partial charge in [0.2, 0.25) is 0 Å². The fraction of sp³-hybridized carbons (Fsp3) is 0.500. The number of benzene rings is 1. The first-order valence-corrected chi connectivity index (χ1v) is 7.46. The Labute approximate surface area is 124 Å². The summed E-state index contributed by atoms with van der Waals surface area (Å²) < 4.78 is 2.23. The Morgan fingerprint density at radius 1 is 1.37 bits per heavy atom. The van der Waals surface area contributed by atoms with Gasteiger partial charge in [-0.3, -0.25) is 0 Å². The number of alkyl halides is 1. The normalized spacial score (nSPS) is 11.6. The van der Waals surface area contributed by atoms with E-state index in [4.69, 9.17) is 23.2 Å². The Kier molecular flexibility index (Phi) is 5.08. The van der Waals surface area contributed by atoms with Crippen molar-refractivity contribution < 1.29 is 0 Å². The van der Waals surface area contributed by atoms with Gasteiger partial charge in [-0.15, -0.1) is 11.6 Å². The number of likely N-dealkylation sites (N-methyl/N-ethyl adjacent to an activating group) is 1. The maximum Gasteiger partial charge on any atom is 0.111 e. The maximum absolute atomic E-state index is 6.21. The van der Waals surface area contributed by atoms with Crippen LogP contribution in [0.25, 0.3) is 11.0 Å². The van der Waals surface area contributed by atoms with Gasteiger partial charge < -0.3 is 9.47 Å². The zero-order valence-electron chi connectivity index (χ0n) is 11.4. The monoisotopic (exact) mass is 299 g/mol. The van der Waals surface area contributed by atoms with Crippen LogP contribution in [0.1, 0.15) is 12.7 Å². The molecule has 0 amide bonds. The lowest BCUT2D eigenvalue weighted by molar-refractivity contribution is 0.335. The van der Waals surface area contributed by atoms with Crippen molar-refractivity contribution in [2.45, 2.75) is 19.9 Å². The molecule has 0 atom stereocenters. The number of fused-ring (bicyclic) bond motifs is 1. The van der Waals surface area contributed by atoms with E-state index in [1.165, 1.54) is 0 Å². The maximum atomic E-state index is 6.21. The number of aromatic nitrogens is 2. The van der Waals surface area contributed by atoms with Crippen molar-refractivity contribution >= 4 is 34.2 Å². The van der Waals surface area contributed by atoms with Gasteiger partial charge >= 0.3 is 0 Å². The van der Waals surface area contributed by atoms with Crippen molar-refractivity contribution in [3.63, 3.8) is 0 Å². The lowest BCUT2D eigenvalue weighted by Crippen LogP contribution is -2.23. The molecule has 0 spiro atoms. The van der Waals surface area contributed by atoms with E-state index >= 15 is 0 Å². The van der Waals surface area contributed by atoms with Gasteiger partial charge in [0.05, 0.1) is 10.5 Å². The van der Waals surface area contributed by atoms with E-state index in [2.05, 4.69) is 34.5 Å². The molecule has 5 heteroatoms. The summed E-state index contributed by atoms with van der Waals surface area (Å²) in [6, 6.07) is 5.92. The molecule has 19 heavy (non-hydrogen) atoms. The van der Waals surface area contributed by atoms with Gasteiger partial charge in [-0.25, -0.2) is 4.98 Å². The molecule has 104 valence electrons. The lowest BCUT2D eigenvalue weighted by Gasteiger charge is -2.15. The van der Waals surface area contributed by atoms with E-state index in [0.29, 0.717) is 10.9 Å². The average Bonchev–Trinajstić information content (AvgIpc) is 2.76. The summed E-state index contributed by atoms with van der Waals surface area (Å²) in [6.45, 7) is 5.10. The van der Waals surface area contributed by atoms with E-state index in [0.717, 1.165) is 42.9 Å². The van der Waals surface area contributed by atoms with Crippen LogP contribution in [-0.2, 0) is 13.0 Å². The van der Waals surface area contributed by atoms with E-state index in [1.807, 2.05) is 12.1 Å². The van der Waals surface area contributed by atoms with Crippen molar-refractivity contribution in [1.82, 2.24) is 14.5 Å². The zero-order valence-corrected chi connectivity index (χ0v) is 12.9. The molecule has 0 aliphatic heterocycles. The van der Waals surface area contributed by atoms with Gasteiger partial charge in [-0.2, -0.15) is 0 Å². The molecular formula is C14H19Cl2N3. The summed E-state index contributed by atoms with van der Waals surface area (Å²) in [5.41, 5.74) is 1.97. The molecule has 0 N–H and O–H groups in total. The van der Waals surface area contributed by atoms with Crippen molar-refractivity contribution in [3.05, 3.63) is 29.0 Å². The van der Waals surface area contributed by atoms with Crippen molar-refractivity contribution in [2.24, 2.45) is 0 Å². The highest BCUT2D eigenvalue weighted by molar-refractivity contribution is 6.34. The summed E-state index contributed by atoms with van der Waals surface area (Å²) in [7, 11) is 2.12. The second kappa shape index (κ2) is 6.60. The number of imidazole rings is 1. The summed E-state index contributed by atoms with van der Waals surface area (Å²) in [5.74, 6) is 1.59. The molecule has 2 aromatic rings. The smallest absolute Gasteiger partial charge is 0.111 e. The minimum Gasteiger partial charge on any atom is -0.327 e. The van der Waals surface area contributed by atoms with E-state index in [-0.39, 0.29) is 0 Å². The molecule has 0 radical (unpaired) electrons. The second-order valence-corrected chi connectivity index (χ2v) is 5.41. The predicted octanol–water partition coefficient (Wildman–Crippen LogP) is 3.42. The zero-order chi connectivity index (χ0) is 13.8. The molecule has 2 rings (SSSR count). The lowest BCUT2D eigenvalue weighted by atomic mass is 10.3. The molecule has 1 heterocycles. The third-order valence-electron chi connectivity index (χ3n) is 3.37. The highest BCUT2D eigenvalue weighted by Crippen LogP contribution is 2.24. The first-order valence-electron chi connectivity index (χ1n) is 6.55. The highest BCUT2D eigenvalue weighted by Gasteiger charge is 2.12. The molecule has 1 aromatic carbocycles. The summed E-state index contributed by atoms with van der Waals surface area (Å²) >= 11 is 12.1. The third kappa shape index (κ3) is 3.22. The van der Waals surface area contributed by atoms with Crippen molar-refractivity contribution in [2.75, 3.05) is 26.0 Å². The molecule has 3 nitrogen and oxygen atoms in total. The van der Waals surface area contributed by atoms with Crippen LogP contribution >= 0.6 is 23.2 Å². The summed E-state index contributed by atoms with van der Waals surface area (Å²) in [6.07, 6.45) is 0.766. The van der Waals surface area contributed by atoms with E-state index < -0.39 is 0 Å². The second-order valence-electron chi connectivity index (χ2n) is 4.62. The molecule has 0 aliphatic carbocycles. The number of para-hydroxylation sites is 1. The molecular weight excluding hydrogens is 281 g/mol. The molecule has 0 saturated heterocycles. The van der Waals surface area contributed by atoms with Crippen LogP contribution in [-0.4, -0.2) is 40.5 Å². The molecule has 0 fully saturated rings. The Balaban J connectivity index is 2.37. The van der Waals surface area contributed by atoms with Crippen LogP contribution in [0.2, 0.25) is 5.02 Å². The Morgan fingerprint density at radius 2 is 2.16 bits per heavy atom. The van der Waals surface area contributed by atoms with Gasteiger partial charge in [-0.05, 0) is 25.7 Å². The molecule has 0 bridgehead atoms. The SMILES string of the molecule is CCN(C)CCn1c(CCCl)nc2c(Cl)cccc21. The minimum atomic E-state index is 0.574. The van der Waals surface area contributed by atoms with Gasteiger partial charge in [0.25, 0.3) is 0 Å². The number of halogens is 2. The van der Waals surface area contributed by atoms with Crippen LogP contribution in [0, 0.1) is 0 Å². The standard InChI is InChI=1S/C14H19Cl2N3/c1-3-18(2)9-10-19-12-6-4-5-11(16)14(12)17-13(19)7-8-15/h4-6H,3,7-10H2,1-2H3.